The molecule has 39 heavy (non-hydrogen) atoms. The minimum atomic E-state index is -0.518. The van der Waals surface area contributed by atoms with Gasteiger partial charge in [0.2, 0.25) is 5.91 Å². The van der Waals surface area contributed by atoms with Crippen molar-refractivity contribution in [3.05, 3.63) is 59.7 Å². The lowest BCUT2D eigenvalue weighted by Gasteiger charge is -2.20. The van der Waals surface area contributed by atoms with E-state index in [1.807, 2.05) is 4.90 Å². The molecule has 1 saturated carbocycles. The van der Waals surface area contributed by atoms with Crippen molar-refractivity contribution in [2.24, 2.45) is 5.92 Å². The van der Waals surface area contributed by atoms with Crippen LogP contribution in [-0.4, -0.2) is 59.6 Å². The number of halogens is 2. The van der Waals surface area contributed by atoms with Gasteiger partial charge in [0.25, 0.3) is 0 Å². The first-order valence-electron chi connectivity index (χ1n) is 12.8. The second-order valence-corrected chi connectivity index (χ2v) is 10.1. The number of hydrogen-bond acceptors (Lipinski definition) is 8. The zero-order valence-electron chi connectivity index (χ0n) is 21.5. The van der Waals surface area contributed by atoms with Gasteiger partial charge in [-0.2, -0.15) is 0 Å². The first-order valence-corrected chi connectivity index (χ1v) is 13.2. The number of carbonyl (C=O) groups excluding carboxylic acids is 2. The van der Waals surface area contributed by atoms with Crippen LogP contribution in [0.25, 0.3) is 10.9 Å². The van der Waals surface area contributed by atoms with Crippen LogP contribution in [0, 0.1) is 11.7 Å². The average molecular weight is 554 g/mol. The van der Waals surface area contributed by atoms with Crippen LogP contribution in [0.1, 0.15) is 25.7 Å². The van der Waals surface area contributed by atoms with Gasteiger partial charge < -0.3 is 20.1 Å². The van der Waals surface area contributed by atoms with Crippen molar-refractivity contribution in [3.8, 4) is 5.75 Å². The Labute approximate surface area is 230 Å². The van der Waals surface area contributed by atoms with Crippen molar-refractivity contribution in [1.82, 2.24) is 14.9 Å². The Bertz CT molecular complexity index is 1410. The van der Waals surface area contributed by atoms with Gasteiger partial charge >= 0.3 is 5.97 Å². The standard InChI is InChI=1S/C28H29ClFN5O4/c1-38-28(37)24-4-2-10-35(24)11-3-5-26(36)34-23-13-19-22(14-25(23)39-15-17-6-7-17)31-16-32-27(19)33-18-8-9-21(30)20(29)12-18/h3,5,8-9,12-14,16-17,24H,2,4,6-7,10-11,15H2,1H3,(H,34,36)(H,31,32,33)/b5-3+/t24-/m1/s1. The fourth-order valence-corrected chi connectivity index (χ4v) is 4.70. The molecular weight excluding hydrogens is 525 g/mol. The van der Waals surface area contributed by atoms with E-state index >= 15 is 0 Å². The van der Waals surface area contributed by atoms with Gasteiger partial charge in [-0.25, -0.2) is 14.4 Å². The van der Waals surface area contributed by atoms with Gasteiger partial charge in [-0.1, -0.05) is 17.7 Å². The Morgan fingerprint density at radius 1 is 1.21 bits per heavy atom. The summed E-state index contributed by atoms with van der Waals surface area (Å²) in [5, 5.41) is 6.68. The molecule has 1 aliphatic carbocycles. The number of fused-ring (bicyclic) bond motifs is 1. The Morgan fingerprint density at radius 3 is 2.82 bits per heavy atom. The number of amides is 1. The number of hydrogen-bond donors (Lipinski definition) is 2. The van der Waals surface area contributed by atoms with Gasteiger partial charge in [-0.3, -0.25) is 14.5 Å². The van der Waals surface area contributed by atoms with E-state index in [0.29, 0.717) is 52.9 Å². The van der Waals surface area contributed by atoms with Crippen LogP contribution >= 0.6 is 11.6 Å². The molecule has 0 unspecified atom stereocenters. The normalized spacial score (nSPS) is 17.5. The summed E-state index contributed by atoms with van der Waals surface area (Å²) in [6.07, 6.45) is 8.49. The van der Waals surface area contributed by atoms with Crippen molar-refractivity contribution in [1.29, 1.82) is 0 Å². The number of carbonyl (C=O) groups is 2. The highest BCUT2D eigenvalue weighted by atomic mass is 35.5. The van der Waals surface area contributed by atoms with Crippen LogP contribution < -0.4 is 15.4 Å². The summed E-state index contributed by atoms with van der Waals surface area (Å²) in [6.45, 7) is 1.78. The molecule has 2 aromatic carbocycles. The van der Waals surface area contributed by atoms with Crippen LogP contribution in [0.4, 0.5) is 21.6 Å². The molecule has 2 fully saturated rings. The minimum Gasteiger partial charge on any atom is -0.491 e. The number of likely N-dealkylation sites (tertiary alicyclic amines) is 1. The average Bonchev–Trinajstić information content (AvgIpc) is 3.65. The Morgan fingerprint density at radius 2 is 2.05 bits per heavy atom. The highest BCUT2D eigenvalue weighted by molar-refractivity contribution is 6.31. The van der Waals surface area contributed by atoms with Crippen molar-refractivity contribution < 1.29 is 23.5 Å². The summed E-state index contributed by atoms with van der Waals surface area (Å²) >= 11 is 5.94. The van der Waals surface area contributed by atoms with E-state index in [-0.39, 0.29) is 22.9 Å². The zero-order chi connectivity index (χ0) is 27.4. The molecule has 3 aromatic rings. The van der Waals surface area contributed by atoms with Gasteiger partial charge in [-0.15, -0.1) is 0 Å². The van der Waals surface area contributed by atoms with E-state index in [9.17, 15) is 14.0 Å². The molecular formula is C28H29ClFN5O4. The van der Waals surface area contributed by atoms with E-state index in [0.717, 1.165) is 32.2 Å². The molecule has 11 heteroatoms. The van der Waals surface area contributed by atoms with Gasteiger partial charge in [0.05, 0.1) is 29.9 Å². The lowest BCUT2D eigenvalue weighted by Crippen LogP contribution is -2.36. The number of anilines is 3. The molecule has 2 aliphatic rings. The first-order chi connectivity index (χ1) is 18.9. The number of nitrogens with zero attached hydrogens (tertiary/aromatic N) is 3. The largest absolute Gasteiger partial charge is 0.491 e. The third-order valence-electron chi connectivity index (χ3n) is 6.79. The second kappa shape index (κ2) is 12.0. The Kier molecular flexibility index (Phi) is 8.23. The first kappa shape index (κ1) is 26.8. The van der Waals surface area contributed by atoms with Crippen LogP contribution in [0.2, 0.25) is 5.02 Å². The number of methoxy groups -OCH3 is 1. The summed E-state index contributed by atoms with van der Waals surface area (Å²) in [6, 6.07) is 7.53. The third kappa shape index (κ3) is 6.63. The monoisotopic (exact) mass is 553 g/mol. The van der Waals surface area contributed by atoms with Gasteiger partial charge in [-0.05, 0) is 62.4 Å². The van der Waals surface area contributed by atoms with Crippen LogP contribution in [0.15, 0.2) is 48.8 Å². The molecule has 1 amide bonds. The van der Waals surface area contributed by atoms with Crippen molar-refractivity contribution >= 4 is 51.6 Å². The Hall–Kier alpha value is -3.76. The van der Waals surface area contributed by atoms with Crippen molar-refractivity contribution in [3.63, 3.8) is 0 Å². The van der Waals surface area contributed by atoms with Gasteiger partial charge in [0.1, 0.15) is 29.8 Å². The van der Waals surface area contributed by atoms with Crippen LogP contribution in [0.3, 0.4) is 0 Å². The molecule has 1 aliphatic heterocycles. The Balaban J connectivity index is 1.36. The fraction of sp³-hybridized carbons (Fsp3) is 0.357. The molecule has 0 bridgehead atoms. The van der Waals surface area contributed by atoms with Crippen LogP contribution in [0.5, 0.6) is 5.75 Å². The highest BCUT2D eigenvalue weighted by Gasteiger charge is 2.30. The number of benzene rings is 2. The molecule has 1 aromatic heterocycles. The molecule has 0 radical (unpaired) electrons. The molecule has 204 valence electrons. The molecule has 0 spiro atoms. The summed E-state index contributed by atoms with van der Waals surface area (Å²) < 4.78 is 24.6. The molecule has 9 nitrogen and oxygen atoms in total. The minimum absolute atomic E-state index is 0.0132. The summed E-state index contributed by atoms with van der Waals surface area (Å²) in [4.78, 5) is 35.6. The molecule has 1 saturated heterocycles. The highest BCUT2D eigenvalue weighted by Crippen LogP contribution is 2.36. The molecule has 5 rings (SSSR count). The maximum absolute atomic E-state index is 13.6. The molecule has 2 N–H and O–H groups in total. The van der Waals surface area contributed by atoms with E-state index in [1.54, 1.807) is 24.3 Å². The number of ether oxygens (including phenoxy) is 2. The topological polar surface area (TPSA) is 106 Å². The lowest BCUT2D eigenvalue weighted by molar-refractivity contribution is -0.145. The maximum Gasteiger partial charge on any atom is 0.323 e. The number of esters is 1. The second-order valence-electron chi connectivity index (χ2n) is 9.66. The SMILES string of the molecule is COC(=O)[C@H]1CCCN1C/C=C/C(=O)Nc1cc2c(Nc3ccc(F)c(Cl)c3)ncnc2cc1OCC1CC1. The quantitative estimate of drug-likeness (QED) is 0.264. The molecule has 2 heterocycles. The van der Waals surface area contributed by atoms with E-state index in [1.165, 1.54) is 31.6 Å². The van der Waals surface area contributed by atoms with E-state index in [2.05, 4.69) is 20.6 Å². The van der Waals surface area contributed by atoms with E-state index in [4.69, 9.17) is 21.1 Å². The maximum atomic E-state index is 13.6. The lowest BCUT2D eigenvalue weighted by atomic mass is 10.1. The smallest absolute Gasteiger partial charge is 0.323 e. The van der Waals surface area contributed by atoms with Crippen LogP contribution in [-0.2, 0) is 14.3 Å². The number of rotatable bonds is 10. The number of aromatic nitrogens is 2. The fourth-order valence-electron chi connectivity index (χ4n) is 4.52. The summed E-state index contributed by atoms with van der Waals surface area (Å²) in [5.41, 5.74) is 1.64. The van der Waals surface area contributed by atoms with Crippen molar-refractivity contribution in [2.45, 2.75) is 31.7 Å². The predicted octanol–water partition coefficient (Wildman–Crippen LogP) is 5.09. The third-order valence-corrected chi connectivity index (χ3v) is 7.08. The van der Waals surface area contributed by atoms with E-state index < -0.39 is 5.82 Å². The molecule has 1 atom stereocenters. The van der Waals surface area contributed by atoms with Gasteiger partial charge in [0.15, 0.2) is 0 Å². The van der Waals surface area contributed by atoms with Crippen molar-refractivity contribution in [2.75, 3.05) is 37.4 Å². The van der Waals surface area contributed by atoms with Gasteiger partial charge in [0, 0.05) is 29.8 Å². The predicted molar refractivity (Wildman–Crippen MR) is 147 cm³/mol. The zero-order valence-corrected chi connectivity index (χ0v) is 22.2. The summed E-state index contributed by atoms with van der Waals surface area (Å²) in [7, 11) is 1.38. The number of nitrogens with one attached hydrogen (secondary N) is 2. The summed E-state index contributed by atoms with van der Waals surface area (Å²) in [5.74, 6) is 0.375.